The average molecular weight is 260 g/mol. The fourth-order valence-corrected chi connectivity index (χ4v) is 1.90. The molecule has 1 aromatic rings. The molecular weight excluding hydrogens is 246 g/mol. The number of hydrogen-bond acceptors (Lipinski definition) is 3. The van der Waals surface area contributed by atoms with Crippen molar-refractivity contribution in [2.24, 2.45) is 5.73 Å². The number of nitrogens with two attached hydrogens (primary N) is 1. The molecule has 1 rings (SSSR count). The van der Waals surface area contributed by atoms with E-state index in [9.17, 15) is 5.11 Å². The van der Waals surface area contributed by atoms with E-state index in [4.69, 9.17) is 10.5 Å². The summed E-state index contributed by atoms with van der Waals surface area (Å²) in [6, 6.07) is 3.34. The Hall–Kier alpha value is -0.740. The summed E-state index contributed by atoms with van der Waals surface area (Å²) in [5.41, 5.74) is 6.57. The summed E-state index contributed by atoms with van der Waals surface area (Å²) in [7, 11) is 1.52. The largest absolute Gasteiger partial charge is 0.504 e. The molecule has 0 spiro atoms. The number of halogens is 1. The fraction of sp³-hybridized carbons (Fsp3) is 0.400. The molecule has 1 atom stereocenters. The molecule has 3 nitrogen and oxygen atoms in total. The SMILES string of the molecule is CC[C@H](N)c1c(Br)ccc(OC)c1O. The number of aromatic hydroxyl groups is 1. The highest BCUT2D eigenvalue weighted by atomic mass is 79.9. The monoisotopic (exact) mass is 259 g/mol. The van der Waals surface area contributed by atoms with Gasteiger partial charge in [-0.25, -0.2) is 0 Å². The molecule has 78 valence electrons. The van der Waals surface area contributed by atoms with E-state index in [0.29, 0.717) is 11.3 Å². The summed E-state index contributed by atoms with van der Waals surface area (Å²) < 4.78 is 5.82. The third kappa shape index (κ3) is 2.01. The molecule has 0 saturated carbocycles. The van der Waals surface area contributed by atoms with Gasteiger partial charge in [0, 0.05) is 16.1 Å². The van der Waals surface area contributed by atoms with Crippen molar-refractivity contribution in [2.75, 3.05) is 7.11 Å². The second-order valence-corrected chi connectivity index (χ2v) is 3.88. The first kappa shape index (κ1) is 11.3. The van der Waals surface area contributed by atoms with Gasteiger partial charge in [0.05, 0.1) is 7.11 Å². The summed E-state index contributed by atoms with van der Waals surface area (Å²) >= 11 is 3.36. The normalized spacial score (nSPS) is 12.6. The van der Waals surface area contributed by atoms with Gasteiger partial charge in [-0.3, -0.25) is 0 Å². The van der Waals surface area contributed by atoms with Gasteiger partial charge in [0.15, 0.2) is 11.5 Å². The van der Waals surface area contributed by atoms with E-state index >= 15 is 0 Å². The first-order chi connectivity index (χ1) is 6.61. The van der Waals surface area contributed by atoms with Crippen molar-refractivity contribution in [3.05, 3.63) is 22.2 Å². The first-order valence-corrected chi connectivity index (χ1v) is 5.22. The molecule has 14 heavy (non-hydrogen) atoms. The molecule has 0 heterocycles. The molecule has 0 aliphatic carbocycles. The predicted molar refractivity (Wildman–Crippen MR) is 59.6 cm³/mol. The molecule has 1 aromatic carbocycles. The van der Waals surface area contributed by atoms with Crippen LogP contribution in [0.3, 0.4) is 0 Å². The zero-order chi connectivity index (χ0) is 10.7. The Morgan fingerprint density at radius 2 is 2.21 bits per heavy atom. The highest BCUT2D eigenvalue weighted by Crippen LogP contribution is 2.38. The standard InChI is InChI=1S/C10H14BrNO2/c1-3-7(12)9-6(11)4-5-8(14-2)10(9)13/h4-5,7,13H,3,12H2,1-2H3/t7-/m0/s1. The Balaban J connectivity index is 3.25. The van der Waals surface area contributed by atoms with Crippen LogP contribution in [-0.4, -0.2) is 12.2 Å². The van der Waals surface area contributed by atoms with Gasteiger partial charge in [-0.2, -0.15) is 0 Å². The van der Waals surface area contributed by atoms with Crippen LogP contribution in [0, 0.1) is 0 Å². The van der Waals surface area contributed by atoms with Crippen molar-refractivity contribution < 1.29 is 9.84 Å². The third-order valence-corrected chi connectivity index (χ3v) is 2.85. The maximum Gasteiger partial charge on any atom is 0.163 e. The highest BCUT2D eigenvalue weighted by molar-refractivity contribution is 9.10. The van der Waals surface area contributed by atoms with Crippen molar-refractivity contribution in [1.29, 1.82) is 0 Å². The average Bonchev–Trinajstić information content (AvgIpc) is 2.18. The molecule has 0 aliphatic heterocycles. The molecule has 0 unspecified atom stereocenters. The van der Waals surface area contributed by atoms with Crippen LogP contribution in [0.25, 0.3) is 0 Å². The van der Waals surface area contributed by atoms with Gasteiger partial charge in [0.2, 0.25) is 0 Å². The topological polar surface area (TPSA) is 55.5 Å². The Bertz CT molecular complexity index is 328. The number of phenolic OH excluding ortho intramolecular Hbond substituents is 1. The van der Waals surface area contributed by atoms with E-state index in [1.54, 1.807) is 6.07 Å². The van der Waals surface area contributed by atoms with Crippen molar-refractivity contribution in [2.45, 2.75) is 19.4 Å². The second kappa shape index (κ2) is 4.66. The third-order valence-electron chi connectivity index (χ3n) is 2.16. The van der Waals surface area contributed by atoms with Gasteiger partial charge in [0.1, 0.15) is 0 Å². The van der Waals surface area contributed by atoms with Gasteiger partial charge >= 0.3 is 0 Å². The summed E-state index contributed by atoms with van der Waals surface area (Å²) in [5.74, 6) is 0.573. The van der Waals surface area contributed by atoms with E-state index in [1.165, 1.54) is 7.11 Å². The minimum Gasteiger partial charge on any atom is -0.504 e. The Labute approximate surface area is 92.0 Å². The minimum absolute atomic E-state index is 0.122. The zero-order valence-electron chi connectivity index (χ0n) is 8.25. The predicted octanol–water partition coefficient (Wildman–Crippen LogP) is 2.57. The Morgan fingerprint density at radius 1 is 1.57 bits per heavy atom. The lowest BCUT2D eigenvalue weighted by Gasteiger charge is -2.15. The first-order valence-electron chi connectivity index (χ1n) is 4.42. The van der Waals surface area contributed by atoms with Crippen molar-refractivity contribution >= 4 is 15.9 Å². The summed E-state index contributed by atoms with van der Waals surface area (Å²) in [5, 5.41) is 9.84. The Kier molecular flexibility index (Phi) is 3.77. The molecule has 3 N–H and O–H groups in total. The van der Waals surface area contributed by atoms with Crippen molar-refractivity contribution in [1.82, 2.24) is 0 Å². The zero-order valence-corrected chi connectivity index (χ0v) is 9.84. The highest BCUT2D eigenvalue weighted by Gasteiger charge is 2.16. The lowest BCUT2D eigenvalue weighted by molar-refractivity contribution is 0.368. The van der Waals surface area contributed by atoms with Crippen LogP contribution in [-0.2, 0) is 0 Å². The Morgan fingerprint density at radius 3 is 2.71 bits per heavy atom. The van der Waals surface area contributed by atoms with E-state index in [2.05, 4.69) is 15.9 Å². The van der Waals surface area contributed by atoms with Crippen LogP contribution < -0.4 is 10.5 Å². The van der Waals surface area contributed by atoms with E-state index in [1.807, 2.05) is 13.0 Å². The fourth-order valence-electron chi connectivity index (χ4n) is 1.28. The van der Waals surface area contributed by atoms with Gasteiger partial charge < -0.3 is 15.6 Å². The molecule has 0 amide bonds. The van der Waals surface area contributed by atoms with Crippen LogP contribution in [0.2, 0.25) is 0 Å². The van der Waals surface area contributed by atoms with Gasteiger partial charge in [-0.1, -0.05) is 22.9 Å². The number of hydrogen-bond donors (Lipinski definition) is 2. The molecule has 0 aromatic heterocycles. The van der Waals surface area contributed by atoms with Crippen LogP contribution in [0.5, 0.6) is 11.5 Å². The van der Waals surface area contributed by atoms with Gasteiger partial charge in [-0.15, -0.1) is 0 Å². The lowest BCUT2D eigenvalue weighted by Crippen LogP contribution is -2.10. The molecule has 0 saturated heterocycles. The summed E-state index contributed by atoms with van der Waals surface area (Å²) in [4.78, 5) is 0. The molecule has 0 fully saturated rings. The van der Waals surface area contributed by atoms with Crippen LogP contribution in [0.15, 0.2) is 16.6 Å². The van der Waals surface area contributed by atoms with E-state index < -0.39 is 0 Å². The number of phenols is 1. The number of ether oxygens (including phenoxy) is 1. The van der Waals surface area contributed by atoms with Crippen LogP contribution in [0.1, 0.15) is 24.9 Å². The second-order valence-electron chi connectivity index (χ2n) is 3.03. The van der Waals surface area contributed by atoms with Crippen molar-refractivity contribution in [3.63, 3.8) is 0 Å². The minimum atomic E-state index is -0.181. The maximum absolute atomic E-state index is 9.84. The number of rotatable bonds is 3. The van der Waals surface area contributed by atoms with E-state index in [-0.39, 0.29) is 11.8 Å². The summed E-state index contributed by atoms with van der Waals surface area (Å²) in [6.07, 6.45) is 0.763. The molecule has 4 heteroatoms. The maximum atomic E-state index is 9.84. The van der Waals surface area contributed by atoms with Crippen molar-refractivity contribution in [3.8, 4) is 11.5 Å². The van der Waals surface area contributed by atoms with Gasteiger partial charge in [0.25, 0.3) is 0 Å². The molecule has 0 radical (unpaired) electrons. The van der Waals surface area contributed by atoms with E-state index in [0.717, 1.165) is 10.9 Å². The number of benzene rings is 1. The van der Waals surface area contributed by atoms with Crippen LogP contribution in [0.4, 0.5) is 0 Å². The quantitative estimate of drug-likeness (QED) is 0.878. The lowest BCUT2D eigenvalue weighted by atomic mass is 10.0. The molecule has 0 aliphatic rings. The van der Waals surface area contributed by atoms with Gasteiger partial charge in [-0.05, 0) is 18.6 Å². The summed E-state index contributed by atoms with van der Waals surface area (Å²) in [6.45, 7) is 1.97. The smallest absolute Gasteiger partial charge is 0.163 e. The number of methoxy groups -OCH3 is 1. The van der Waals surface area contributed by atoms with Crippen LogP contribution >= 0.6 is 15.9 Å². The molecular formula is C10H14BrNO2. The molecule has 0 bridgehead atoms.